The molecule has 1 saturated heterocycles. The van der Waals surface area contributed by atoms with Crippen molar-refractivity contribution in [3.63, 3.8) is 0 Å². The number of carbonyl (C=O) groups is 1. The summed E-state index contributed by atoms with van der Waals surface area (Å²) in [6.07, 6.45) is 5.38. The van der Waals surface area contributed by atoms with Gasteiger partial charge in [-0.25, -0.2) is 4.39 Å². The first kappa shape index (κ1) is 15.8. The number of para-hydroxylation sites is 1. The quantitative estimate of drug-likeness (QED) is 0.908. The minimum atomic E-state index is -0.356. The molecule has 1 aliphatic rings. The number of benzene rings is 1. The molecule has 1 unspecified atom stereocenters. The monoisotopic (exact) mass is 292 g/mol. The van der Waals surface area contributed by atoms with Crippen molar-refractivity contribution < 1.29 is 9.18 Å². The first-order chi connectivity index (χ1) is 10.2. The van der Waals surface area contributed by atoms with Gasteiger partial charge in [0.15, 0.2) is 0 Å². The summed E-state index contributed by atoms with van der Waals surface area (Å²) < 4.78 is 14.0. The largest absolute Gasteiger partial charge is 0.382 e. The molecule has 0 aromatic heterocycles. The van der Waals surface area contributed by atoms with Crippen LogP contribution in [-0.2, 0) is 0 Å². The number of amides is 1. The maximum Gasteiger partial charge on any atom is 0.256 e. The highest BCUT2D eigenvalue weighted by atomic mass is 19.1. The number of halogens is 1. The molecule has 1 heterocycles. The molecule has 1 aromatic carbocycles. The molecule has 4 heteroatoms. The lowest BCUT2D eigenvalue weighted by atomic mass is 10.1. The number of likely N-dealkylation sites (tertiary alicyclic amines) is 1. The maximum absolute atomic E-state index is 14.0. The lowest BCUT2D eigenvalue weighted by molar-refractivity contribution is 0.0679. The predicted molar refractivity (Wildman–Crippen MR) is 84.1 cm³/mol. The van der Waals surface area contributed by atoms with E-state index in [1.807, 2.05) is 11.8 Å². The standard InChI is InChI=1S/C17H25FN2O/c1-3-13-9-6-5-7-12-20(13)17(21)14-10-8-11-15(18)16(14)19-4-2/h8,10-11,13,19H,3-7,9,12H2,1-2H3. The van der Waals surface area contributed by atoms with Gasteiger partial charge in [0.05, 0.1) is 11.3 Å². The number of anilines is 1. The van der Waals surface area contributed by atoms with Gasteiger partial charge in [-0.3, -0.25) is 4.79 Å². The molecule has 21 heavy (non-hydrogen) atoms. The van der Waals surface area contributed by atoms with Crippen LogP contribution in [0.25, 0.3) is 0 Å². The summed E-state index contributed by atoms with van der Waals surface area (Å²) in [5.74, 6) is -0.398. The summed E-state index contributed by atoms with van der Waals surface area (Å²) in [5, 5.41) is 2.99. The minimum absolute atomic E-state index is 0.0424. The lowest BCUT2D eigenvalue weighted by Crippen LogP contribution is -2.40. The third kappa shape index (κ3) is 3.55. The molecular weight excluding hydrogens is 267 g/mol. The lowest BCUT2D eigenvalue weighted by Gasteiger charge is -2.30. The highest BCUT2D eigenvalue weighted by molar-refractivity contribution is 6.00. The third-order valence-electron chi connectivity index (χ3n) is 4.21. The van der Waals surface area contributed by atoms with Gasteiger partial charge in [-0.1, -0.05) is 25.8 Å². The molecule has 0 bridgehead atoms. The highest BCUT2D eigenvalue weighted by Gasteiger charge is 2.27. The Morgan fingerprint density at radius 2 is 2.14 bits per heavy atom. The van der Waals surface area contributed by atoms with E-state index >= 15 is 0 Å². The Hall–Kier alpha value is -1.58. The Morgan fingerprint density at radius 1 is 1.33 bits per heavy atom. The van der Waals surface area contributed by atoms with Gasteiger partial charge in [0.25, 0.3) is 5.91 Å². The van der Waals surface area contributed by atoms with Crippen molar-refractivity contribution >= 4 is 11.6 Å². The Kier molecular flexibility index (Phi) is 5.59. The highest BCUT2D eigenvalue weighted by Crippen LogP contribution is 2.26. The number of nitrogens with zero attached hydrogens (tertiary/aromatic N) is 1. The fourth-order valence-electron chi connectivity index (χ4n) is 3.08. The first-order valence-corrected chi connectivity index (χ1v) is 8.02. The fraction of sp³-hybridized carbons (Fsp3) is 0.588. The van der Waals surface area contributed by atoms with Gasteiger partial charge in [-0.15, -0.1) is 0 Å². The number of carbonyl (C=O) groups excluding carboxylic acids is 1. The predicted octanol–water partition coefficient (Wildman–Crippen LogP) is 4.05. The summed E-state index contributed by atoms with van der Waals surface area (Å²) in [4.78, 5) is 14.8. The molecule has 0 radical (unpaired) electrons. The van der Waals surface area contributed by atoms with Gasteiger partial charge in [0, 0.05) is 19.1 Å². The molecule has 1 N–H and O–H groups in total. The Labute approximate surface area is 126 Å². The van der Waals surface area contributed by atoms with Crippen LogP contribution in [0.4, 0.5) is 10.1 Å². The van der Waals surface area contributed by atoms with Crippen LogP contribution in [0.15, 0.2) is 18.2 Å². The molecule has 1 fully saturated rings. The van der Waals surface area contributed by atoms with E-state index in [0.717, 1.165) is 25.8 Å². The van der Waals surface area contributed by atoms with Crippen molar-refractivity contribution in [3.8, 4) is 0 Å². The van der Waals surface area contributed by atoms with Crippen LogP contribution in [0.3, 0.4) is 0 Å². The average molecular weight is 292 g/mol. The van der Waals surface area contributed by atoms with Crippen LogP contribution < -0.4 is 5.32 Å². The smallest absolute Gasteiger partial charge is 0.256 e. The van der Waals surface area contributed by atoms with Crippen molar-refractivity contribution in [1.82, 2.24) is 4.90 Å². The molecule has 0 aliphatic carbocycles. The van der Waals surface area contributed by atoms with Crippen molar-refractivity contribution in [2.45, 2.75) is 52.0 Å². The van der Waals surface area contributed by atoms with E-state index in [-0.39, 0.29) is 17.8 Å². The van der Waals surface area contributed by atoms with E-state index in [1.54, 1.807) is 12.1 Å². The van der Waals surface area contributed by atoms with Crippen molar-refractivity contribution in [2.75, 3.05) is 18.4 Å². The zero-order valence-electron chi connectivity index (χ0n) is 13.0. The van der Waals surface area contributed by atoms with Crippen LogP contribution in [0.1, 0.15) is 56.3 Å². The van der Waals surface area contributed by atoms with E-state index in [2.05, 4.69) is 12.2 Å². The molecule has 1 atom stereocenters. The zero-order chi connectivity index (χ0) is 15.2. The molecule has 3 nitrogen and oxygen atoms in total. The Bertz CT molecular complexity index is 490. The number of hydrogen-bond acceptors (Lipinski definition) is 2. The average Bonchev–Trinajstić information content (AvgIpc) is 2.74. The Balaban J connectivity index is 2.31. The maximum atomic E-state index is 14.0. The molecule has 0 spiro atoms. The number of hydrogen-bond donors (Lipinski definition) is 1. The van der Waals surface area contributed by atoms with E-state index in [9.17, 15) is 9.18 Å². The number of nitrogens with one attached hydrogen (secondary N) is 1. The fourth-order valence-corrected chi connectivity index (χ4v) is 3.08. The number of rotatable bonds is 4. The zero-order valence-corrected chi connectivity index (χ0v) is 13.0. The van der Waals surface area contributed by atoms with E-state index < -0.39 is 0 Å². The normalized spacial score (nSPS) is 19.2. The van der Waals surface area contributed by atoms with Crippen LogP contribution in [-0.4, -0.2) is 29.9 Å². The van der Waals surface area contributed by atoms with Crippen LogP contribution in [0.2, 0.25) is 0 Å². The molecule has 1 amide bonds. The van der Waals surface area contributed by atoms with Gasteiger partial charge in [0.2, 0.25) is 0 Å². The SMILES string of the molecule is CCNc1c(F)cccc1C(=O)N1CCCCCC1CC. The first-order valence-electron chi connectivity index (χ1n) is 8.02. The van der Waals surface area contributed by atoms with E-state index in [4.69, 9.17) is 0 Å². The Morgan fingerprint density at radius 3 is 2.86 bits per heavy atom. The van der Waals surface area contributed by atoms with Crippen molar-refractivity contribution in [2.24, 2.45) is 0 Å². The molecule has 1 aliphatic heterocycles. The second kappa shape index (κ2) is 7.43. The molecular formula is C17H25FN2O. The second-order valence-electron chi connectivity index (χ2n) is 5.60. The van der Waals surface area contributed by atoms with Gasteiger partial charge in [-0.2, -0.15) is 0 Å². The third-order valence-corrected chi connectivity index (χ3v) is 4.21. The molecule has 1 aromatic rings. The van der Waals surface area contributed by atoms with Crippen molar-refractivity contribution in [1.29, 1.82) is 0 Å². The van der Waals surface area contributed by atoms with Gasteiger partial charge < -0.3 is 10.2 Å². The van der Waals surface area contributed by atoms with Crippen LogP contribution >= 0.6 is 0 Å². The minimum Gasteiger partial charge on any atom is -0.382 e. The molecule has 0 saturated carbocycles. The van der Waals surface area contributed by atoms with Gasteiger partial charge in [0.1, 0.15) is 5.82 Å². The van der Waals surface area contributed by atoms with Crippen LogP contribution in [0, 0.1) is 5.82 Å². The van der Waals surface area contributed by atoms with E-state index in [1.165, 1.54) is 18.9 Å². The summed E-state index contributed by atoms with van der Waals surface area (Å²) in [7, 11) is 0. The summed E-state index contributed by atoms with van der Waals surface area (Å²) >= 11 is 0. The summed E-state index contributed by atoms with van der Waals surface area (Å²) in [5.41, 5.74) is 0.793. The topological polar surface area (TPSA) is 32.3 Å². The van der Waals surface area contributed by atoms with Gasteiger partial charge >= 0.3 is 0 Å². The van der Waals surface area contributed by atoms with Crippen molar-refractivity contribution in [3.05, 3.63) is 29.6 Å². The van der Waals surface area contributed by atoms with Gasteiger partial charge in [-0.05, 0) is 38.3 Å². The van der Waals surface area contributed by atoms with E-state index in [0.29, 0.717) is 17.8 Å². The van der Waals surface area contributed by atoms with Crippen LogP contribution in [0.5, 0.6) is 0 Å². The molecule has 2 rings (SSSR count). The second-order valence-corrected chi connectivity index (χ2v) is 5.60. The summed E-state index contributed by atoms with van der Waals surface area (Å²) in [6, 6.07) is 5.01. The summed E-state index contributed by atoms with van der Waals surface area (Å²) in [6.45, 7) is 5.40. The molecule has 116 valence electrons.